The molecule has 1 fully saturated rings. The van der Waals surface area contributed by atoms with Crippen LogP contribution in [0.5, 0.6) is 28.7 Å². The summed E-state index contributed by atoms with van der Waals surface area (Å²) in [5.74, 6) is 2.67. The van der Waals surface area contributed by atoms with Crippen LogP contribution in [-0.4, -0.2) is 76.5 Å². The van der Waals surface area contributed by atoms with E-state index in [1.54, 1.807) is 27.4 Å². The van der Waals surface area contributed by atoms with E-state index >= 15 is 0 Å². The Labute approximate surface area is 193 Å². The third-order valence-corrected chi connectivity index (χ3v) is 5.77. The fourth-order valence-electron chi connectivity index (χ4n) is 4.04. The number of nitro benzene ring substituents is 1. The molecule has 1 heterocycles. The van der Waals surface area contributed by atoms with Crippen LogP contribution in [0.25, 0.3) is 0 Å². The van der Waals surface area contributed by atoms with Crippen LogP contribution in [0.4, 0.5) is 5.69 Å². The summed E-state index contributed by atoms with van der Waals surface area (Å²) in [5, 5.41) is 11.6. The number of methoxy groups -OCH3 is 5. The molecular weight excluding hydrogens is 430 g/mol. The first-order valence-electron chi connectivity index (χ1n) is 10.6. The lowest BCUT2D eigenvalue weighted by Gasteiger charge is -2.34. The predicted molar refractivity (Wildman–Crippen MR) is 123 cm³/mol. The van der Waals surface area contributed by atoms with Gasteiger partial charge in [-0.15, -0.1) is 0 Å². The lowest BCUT2D eigenvalue weighted by molar-refractivity contribution is -0.385. The van der Waals surface area contributed by atoms with E-state index in [0.29, 0.717) is 40.9 Å². The minimum absolute atomic E-state index is 0.0347. The number of ether oxygens (including phenoxy) is 5. The number of nitro groups is 1. The van der Waals surface area contributed by atoms with Gasteiger partial charge in [0.15, 0.2) is 23.0 Å². The van der Waals surface area contributed by atoms with Crippen LogP contribution in [0.15, 0.2) is 24.3 Å². The van der Waals surface area contributed by atoms with Crippen molar-refractivity contribution in [3.63, 3.8) is 0 Å². The summed E-state index contributed by atoms with van der Waals surface area (Å²) in [5.41, 5.74) is 1.71. The molecule has 0 radical (unpaired) electrons. The average Bonchev–Trinajstić information content (AvgIpc) is 2.83. The fourth-order valence-corrected chi connectivity index (χ4v) is 4.04. The first-order chi connectivity index (χ1) is 15.9. The number of benzene rings is 2. The van der Waals surface area contributed by atoms with Crippen LogP contribution in [0.3, 0.4) is 0 Å². The van der Waals surface area contributed by atoms with E-state index < -0.39 is 0 Å². The van der Waals surface area contributed by atoms with Gasteiger partial charge < -0.3 is 23.7 Å². The van der Waals surface area contributed by atoms with Gasteiger partial charge in [-0.3, -0.25) is 19.9 Å². The van der Waals surface area contributed by atoms with Gasteiger partial charge >= 0.3 is 0 Å². The van der Waals surface area contributed by atoms with E-state index in [9.17, 15) is 10.1 Å². The molecule has 0 N–H and O–H groups in total. The molecule has 1 saturated heterocycles. The Morgan fingerprint density at radius 2 is 1.21 bits per heavy atom. The van der Waals surface area contributed by atoms with E-state index in [0.717, 1.165) is 38.3 Å². The van der Waals surface area contributed by atoms with Gasteiger partial charge in [-0.05, 0) is 23.8 Å². The van der Waals surface area contributed by atoms with Gasteiger partial charge in [0.2, 0.25) is 5.75 Å². The highest BCUT2D eigenvalue weighted by molar-refractivity contribution is 5.55. The third kappa shape index (κ3) is 5.58. The number of hydrogen-bond donors (Lipinski definition) is 0. The van der Waals surface area contributed by atoms with Gasteiger partial charge in [0.05, 0.1) is 46.5 Å². The molecule has 180 valence electrons. The molecule has 0 spiro atoms. The maximum Gasteiger partial charge on any atom is 0.277 e. The Balaban J connectivity index is 1.67. The summed E-state index contributed by atoms with van der Waals surface area (Å²) in [4.78, 5) is 15.8. The first-order valence-corrected chi connectivity index (χ1v) is 10.6. The topological polar surface area (TPSA) is 95.8 Å². The fraction of sp³-hybridized carbons (Fsp3) is 0.478. The Morgan fingerprint density at radius 3 is 1.67 bits per heavy atom. The molecule has 10 nitrogen and oxygen atoms in total. The predicted octanol–water partition coefficient (Wildman–Crippen LogP) is 2.96. The zero-order valence-electron chi connectivity index (χ0n) is 19.8. The summed E-state index contributed by atoms with van der Waals surface area (Å²) in [7, 11) is 7.78. The maximum atomic E-state index is 11.6. The largest absolute Gasteiger partial charge is 0.493 e. The first kappa shape index (κ1) is 24.4. The quantitative estimate of drug-likeness (QED) is 0.391. The molecule has 0 saturated carbocycles. The lowest BCUT2D eigenvalue weighted by Crippen LogP contribution is -2.45. The minimum Gasteiger partial charge on any atom is -0.493 e. The van der Waals surface area contributed by atoms with E-state index in [4.69, 9.17) is 23.7 Å². The van der Waals surface area contributed by atoms with Crippen molar-refractivity contribution in [3.05, 3.63) is 45.5 Å². The number of hydrogen-bond acceptors (Lipinski definition) is 9. The second-order valence-corrected chi connectivity index (χ2v) is 7.68. The van der Waals surface area contributed by atoms with Crippen molar-refractivity contribution in [2.24, 2.45) is 0 Å². The number of rotatable bonds is 10. The molecule has 0 bridgehead atoms. The second kappa shape index (κ2) is 11.1. The molecule has 10 heteroatoms. The monoisotopic (exact) mass is 461 g/mol. The van der Waals surface area contributed by atoms with Gasteiger partial charge in [0, 0.05) is 44.8 Å². The van der Waals surface area contributed by atoms with Gasteiger partial charge in [-0.1, -0.05) is 0 Å². The Bertz CT molecular complexity index is 950. The van der Waals surface area contributed by atoms with Crippen LogP contribution in [0, 0.1) is 10.1 Å². The molecule has 2 aromatic carbocycles. The lowest BCUT2D eigenvalue weighted by atomic mass is 10.1. The summed E-state index contributed by atoms with van der Waals surface area (Å²) >= 11 is 0. The second-order valence-electron chi connectivity index (χ2n) is 7.68. The van der Waals surface area contributed by atoms with Crippen LogP contribution in [0.2, 0.25) is 0 Å². The zero-order valence-corrected chi connectivity index (χ0v) is 19.8. The normalized spacial score (nSPS) is 14.6. The molecule has 3 rings (SSSR count). The van der Waals surface area contributed by atoms with Gasteiger partial charge in [0.25, 0.3) is 5.69 Å². The van der Waals surface area contributed by atoms with Gasteiger partial charge in [-0.25, -0.2) is 0 Å². The molecule has 1 aliphatic rings. The van der Waals surface area contributed by atoms with Crippen molar-refractivity contribution >= 4 is 5.69 Å². The summed E-state index contributed by atoms with van der Waals surface area (Å²) in [6.45, 7) is 4.44. The summed E-state index contributed by atoms with van der Waals surface area (Å²) in [6.07, 6.45) is 0. The molecule has 0 aromatic heterocycles. The number of piperazine rings is 1. The molecule has 2 aromatic rings. The van der Waals surface area contributed by atoms with E-state index in [1.807, 2.05) is 12.1 Å². The van der Waals surface area contributed by atoms with Crippen LogP contribution < -0.4 is 23.7 Å². The van der Waals surface area contributed by atoms with Gasteiger partial charge in [-0.2, -0.15) is 0 Å². The molecule has 0 amide bonds. The van der Waals surface area contributed by atoms with E-state index in [2.05, 4.69) is 9.80 Å². The molecule has 0 atom stereocenters. The third-order valence-electron chi connectivity index (χ3n) is 5.77. The van der Waals surface area contributed by atoms with E-state index in [-0.39, 0.29) is 10.6 Å². The molecule has 0 aliphatic carbocycles. The molecule has 0 unspecified atom stereocenters. The van der Waals surface area contributed by atoms with Crippen molar-refractivity contribution < 1.29 is 28.6 Å². The van der Waals surface area contributed by atoms with Gasteiger partial charge in [0.1, 0.15) is 0 Å². The summed E-state index contributed by atoms with van der Waals surface area (Å²) < 4.78 is 26.8. The molecular formula is C23H31N3O7. The smallest absolute Gasteiger partial charge is 0.277 e. The Morgan fingerprint density at radius 1 is 0.727 bits per heavy atom. The van der Waals surface area contributed by atoms with Crippen molar-refractivity contribution in [3.8, 4) is 28.7 Å². The molecule has 33 heavy (non-hydrogen) atoms. The highest BCUT2D eigenvalue weighted by atomic mass is 16.6. The van der Waals surface area contributed by atoms with Crippen LogP contribution >= 0.6 is 0 Å². The minimum atomic E-state index is -0.377. The van der Waals surface area contributed by atoms with Crippen molar-refractivity contribution in [1.82, 2.24) is 9.80 Å². The Kier molecular flexibility index (Phi) is 8.18. The highest BCUT2D eigenvalue weighted by Gasteiger charge is 2.24. The highest BCUT2D eigenvalue weighted by Crippen LogP contribution is 2.39. The zero-order chi connectivity index (χ0) is 24.0. The van der Waals surface area contributed by atoms with E-state index in [1.165, 1.54) is 20.3 Å². The number of nitrogens with zero attached hydrogens (tertiary/aromatic N) is 3. The molecule has 1 aliphatic heterocycles. The SMILES string of the molecule is COc1cc(CN2CCN(Cc3cc(OC)c(OC)c(OC)c3)CC2)c([N+](=O)[O-])cc1OC. The Hall–Kier alpha value is -3.24. The van der Waals surface area contributed by atoms with Crippen molar-refractivity contribution in [2.75, 3.05) is 61.7 Å². The standard InChI is InChI=1S/C23H31N3O7/c1-29-19-12-17(18(26(27)28)13-20(19)30-2)15-25-8-6-24(7-9-25)14-16-10-21(31-3)23(33-5)22(11-16)32-4/h10-13H,6-9,14-15H2,1-5H3. The van der Waals surface area contributed by atoms with Crippen molar-refractivity contribution in [2.45, 2.75) is 13.1 Å². The van der Waals surface area contributed by atoms with Crippen molar-refractivity contribution in [1.29, 1.82) is 0 Å². The summed E-state index contributed by atoms with van der Waals surface area (Å²) in [6, 6.07) is 7.04. The average molecular weight is 462 g/mol. The van der Waals surface area contributed by atoms with Crippen LogP contribution in [-0.2, 0) is 13.1 Å². The maximum absolute atomic E-state index is 11.6. The van der Waals surface area contributed by atoms with Crippen LogP contribution in [0.1, 0.15) is 11.1 Å².